The topological polar surface area (TPSA) is 78.9 Å². The van der Waals surface area contributed by atoms with Gasteiger partial charge in [-0.2, -0.15) is 0 Å². The first kappa shape index (κ1) is 19.2. The SMILES string of the molecule is CCCCCOC(=O)COC(=O)c1ccccc1OC(=O)CBr. The molecule has 0 N–H and O–H groups in total. The summed E-state index contributed by atoms with van der Waals surface area (Å²) >= 11 is 2.97. The molecule has 0 atom stereocenters. The number of halogens is 1. The molecule has 0 saturated carbocycles. The molecular formula is C16H19BrO6. The lowest BCUT2D eigenvalue weighted by Gasteiger charge is -2.09. The molecule has 0 aliphatic heterocycles. The van der Waals surface area contributed by atoms with E-state index in [0.29, 0.717) is 6.61 Å². The van der Waals surface area contributed by atoms with Crippen LogP contribution in [0.4, 0.5) is 0 Å². The van der Waals surface area contributed by atoms with Gasteiger partial charge in [0.05, 0.1) is 6.61 Å². The van der Waals surface area contributed by atoms with Crippen molar-refractivity contribution >= 4 is 33.8 Å². The zero-order valence-corrected chi connectivity index (χ0v) is 14.5. The van der Waals surface area contributed by atoms with E-state index in [2.05, 4.69) is 15.9 Å². The van der Waals surface area contributed by atoms with Crippen LogP contribution in [0.2, 0.25) is 0 Å². The molecule has 0 saturated heterocycles. The average molecular weight is 387 g/mol. The molecule has 6 nitrogen and oxygen atoms in total. The number of alkyl halides is 1. The highest BCUT2D eigenvalue weighted by molar-refractivity contribution is 9.09. The Kier molecular flexibility index (Phi) is 8.97. The molecule has 0 spiro atoms. The molecule has 7 heteroatoms. The van der Waals surface area contributed by atoms with Gasteiger partial charge >= 0.3 is 17.9 Å². The van der Waals surface area contributed by atoms with Gasteiger partial charge in [0.2, 0.25) is 0 Å². The van der Waals surface area contributed by atoms with E-state index >= 15 is 0 Å². The summed E-state index contributed by atoms with van der Waals surface area (Å²) in [5.41, 5.74) is 0.0700. The number of carbonyl (C=O) groups excluding carboxylic acids is 3. The fourth-order valence-electron chi connectivity index (χ4n) is 1.66. The van der Waals surface area contributed by atoms with E-state index in [9.17, 15) is 14.4 Å². The molecular weight excluding hydrogens is 368 g/mol. The van der Waals surface area contributed by atoms with Crippen LogP contribution in [-0.4, -0.2) is 36.5 Å². The largest absolute Gasteiger partial charge is 0.463 e. The standard InChI is InChI=1S/C16H19BrO6/c1-2-3-6-9-21-15(19)11-22-16(20)12-7-4-5-8-13(12)23-14(18)10-17/h4-5,7-8H,2-3,6,9-11H2,1H3. The fourth-order valence-corrected chi connectivity index (χ4v) is 1.77. The molecule has 0 amide bonds. The minimum absolute atomic E-state index is 0.000464. The van der Waals surface area contributed by atoms with Crippen molar-refractivity contribution in [1.29, 1.82) is 0 Å². The van der Waals surface area contributed by atoms with Crippen molar-refractivity contribution in [3.63, 3.8) is 0 Å². The van der Waals surface area contributed by atoms with Crippen molar-refractivity contribution in [3.8, 4) is 5.75 Å². The second kappa shape index (κ2) is 10.8. The first-order chi connectivity index (χ1) is 11.1. The van der Waals surface area contributed by atoms with Crippen LogP contribution in [0.3, 0.4) is 0 Å². The van der Waals surface area contributed by atoms with Crippen molar-refractivity contribution in [2.45, 2.75) is 26.2 Å². The highest BCUT2D eigenvalue weighted by Gasteiger charge is 2.17. The lowest BCUT2D eigenvalue weighted by Crippen LogP contribution is -2.18. The van der Waals surface area contributed by atoms with E-state index < -0.39 is 24.5 Å². The van der Waals surface area contributed by atoms with Gasteiger partial charge in [0.25, 0.3) is 0 Å². The van der Waals surface area contributed by atoms with Crippen LogP contribution in [0.25, 0.3) is 0 Å². The third kappa shape index (κ3) is 7.27. The van der Waals surface area contributed by atoms with Crippen molar-refractivity contribution in [1.82, 2.24) is 0 Å². The number of ether oxygens (including phenoxy) is 3. The highest BCUT2D eigenvalue weighted by atomic mass is 79.9. The quantitative estimate of drug-likeness (QED) is 0.281. The van der Waals surface area contributed by atoms with Crippen LogP contribution in [0.1, 0.15) is 36.5 Å². The van der Waals surface area contributed by atoms with Gasteiger partial charge in [0.15, 0.2) is 6.61 Å². The van der Waals surface area contributed by atoms with Crippen LogP contribution in [0.15, 0.2) is 24.3 Å². The van der Waals surface area contributed by atoms with Gasteiger partial charge in [-0.1, -0.05) is 47.8 Å². The van der Waals surface area contributed by atoms with E-state index in [-0.39, 0.29) is 16.6 Å². The second-order valence-electron chi connectivity index (χ2n) is 4.61. The van der Waals surface area contributed by atoms with Gasteiger partial charge in [-0.05, 0) is 18.6 Å². The van der Waals surface area contributed by atoms with E-state index in [1.165, 1.54) is 12.1 Å². The molecule has 0 bridgehead atoms. The van der Waals surface area contributed by atoms with Crippen LogP contribution in [-0.2, 0) is 19.1 Å². The lowest BCUT2D eigenvalue weighted by atomic mass is 10.2. The Labute approximate surface area is 143 Å². The number of carbonyl (C=O) groups is 3. The molecule has 0 aliphatic carbocycles. The van der Waals surface area contributed by atoms with Crippen molar-refractivity contribution in [2.75, 3.05) is 18.5 Å². The number of hydrogen-bond acceptors (Lipinski definition) is 6. The Morgan fingerprint density at radius 3 is 2.48 bits per heavy atom. The minimum atomic E-state index is -0.756. The molecule has 1 aromatic carbocycles. The number of hydrogen-bond donors (Lipinski definition) is 0. The summed E-state index contributed by atoms with van der Waals surface area (Å²) in [6.45, 7) is 1.87. The average Bonchev–Trinajstić information content (AvgIpc) is 2.57. The van der Waals surface area contributed by atoms with Crippen LogP contribution in [0.5, 0.6) is 5.75 Å². The minimum Gasteiger partial charge on any atom is -0.463 e. The zero-order valence-electron chi connectivity index (χ0n) is 12.9. The maximum atomic E-state index is 12.0. The molecule has 1 rings (SSSR count). The summed E-state index contributed by atoms with van der Waals surface area (Å²) in [6, 6.07) is 6.15. The van der Waals surface area contributed by atoms with E-state index in [1.54, 1.807) is 12.1 Å². The van der Waals surface area contributed by atoms with Gasteiger partial charge < -0.3 is 14.2 Å². The zero-order chi connectivity index (χ0) is 17.1. The summed E-state index contributed by atoms with van der Waals surface area (Å²) in [4.78, 5) is 34.7. The first-order valence-corrected chi connectivity index (χ1v) is 8.39. The third-order valence-electron chi connectivity index (χ3n) is 2.77. The summed E-state index contributed by atoms with van der Waals surface area (Å²) in [5, 5.41) is 0.000464. The molecule has 0 fully saturated rings. The Balaban J connectivity index is 2.51. The van der Waals surface area contributed by atoms with Gasteiger partial charge in [-0.3, -0.25) is 4.79 Å². The number of rotatable bonds is 9. The molecule has 0 aromatic heterocycles. The van der Waals surface area contributed by atoms with Crippen molar-refractivity contribution in [2.24, 2.45) is 0 Å². The summed E-state index contributed by atoms with van der Waals surface area (Å²) < 4.78 is 14.8. The lowest BCUT2D eigenvalue weighted by molar-refractivity contribution is -0.147. The number of para-hydroxylation sites is 1. The molecule has 0 aliphatic rings. The second-order valence-corrected chi connectivity index (χ2v) is 5.17. The maximum Gasteiger partial charge on any atom is 0.344 e. The maximum absolute atomic E-state index is 12.0. The summed E-state index contributed by atoms with van der Waals surface area (Å²) in [5.74, 6) is -1.82. The molecule has 0 radical (unpaired) electrons. The fraction of sp³-hybridized carbons (Fsp3) is 0.438. The van der Waals surface area contributed by atoms with Crippen LogP contribution >= 0.6 is 15.9 Å². The molecule has 0 unspecified atom stereocenters. The number of unbranched alkanes of at least 4 members (excludes halogenated alkanes) is 2. The number of benzene rings is 1. The predicted molar refractivity (Wildman–Crippen MR) is 86.6 cm³/mol. The van der Waals surface area contributed by atoms with Gasteiger partial charge in [0.1, 0.15) is 16.6 Å². The van der Waals surface area contributed by atoms with Gasteiger partial charge in [0, 0.05) is 0 Å². The summed E-state index contributed by atoms with van der Waals surface area (Å²) in [7, 11) is 0. The predicted octanol–water partition coefficient (Wildman–Crippen LogP) is 2.88. The van der Waals surface area contributed by atoms with Gasteiger partial charge in [-0.25, -0.2) is 9.59 Å². The van der Waals surface area contributed by atoms with Crippen LogP contribution in [0, 0.1) is 0 Å². The van der Waals surface area contributed by atoms with E-state index in [0.717, 1.165) is 19.3 Å². The number of esters is 3. The summed E-state index contributed by atoms with van der Waals surface area (Å²) in [6.07, 6.45) is 2.78. The third-order valence-corrected chi connectivity index (χ3v) is 3.23. The molecule has 0 heterocycles. The van der Waals surface area contributed by atoms with Crippen LogP contribution < -0.4 is 4.74 Å². The normalized spacial score (nSPS) is 10.0. The van der Waals surface area contributed by atoms with Crippen molar-refractivity contribution in [3.05, 3.63) is 29.8 Å². The van der Waals surface area contributed by atoms with E-state index in [1.807, 2.05) is 6.92 Å². The van der Waals surface area contributed by atoms with E-state index in [4.69, 9.17) is 14.2 Å². The first-order valence-electron chi connectivity index (χ1n) is 7.27. The van der Waals surface area contributed by atoms with Crippen molar-refractivity contribution < 1.29 is 28.6 Å². The Bertz CT molecular complexity index is 543. The monoisotopic (exact) mass is 386 g/mol. The Morgan fingerprint density at radius 2 is 1.78 bits per heavy atom. The Hall–Kier alpha value is -1.89. The Morgan fingerprint density at radius 1 is 1.04 bits per heavy atom. The van der Waals surface area contributed by atoms with Gasteiger partial charge in [-0.15, -0.1) is 0 Å². The highest BCUT2D eigenvalue weighted by Crippen LogP contribution is 2.19. The molecule has 126 valence electrons. The smallest absolute Gasteiger partial charge is 0.344 e. The molecule has 1 aromatic rings. The molecule has 23 heavy (non-hydrogen) atoms.